The van der Waals surface area contributed by atoms with Crippen molar-refractivity contribution >= 4 is 5.97 Å². The second-order valence-electron chi connectivity index (χ2n) is 4.30. The van der Waals surface area contributed by atoms with E-state index in [1.165, 1.54) is 13.5 Å². The van der Waals surface area contributed by atoms with Crippen LogP contribution in [0.1, 0.15) is 26.7 Å². The molecule has 1 aliphatic rings. The number of hydrogen-bond donors (Lipinski definition) is 0. The average molecular weight is 228 g/mol. The van der Waals surface area contributed by atoms with Crippen molar-refractivity contribution in [3.63, 3.8) is 0 Å². The molecule has 0 spiro atoms. The molecule has 0 aromatic rings. The van der Waals surface area contributed by atoms with Gasteiger partial charge in [-0.15, -0.1) is 0 Å². The first-order valence-corrected chi connectivity index (χ1v) is 6.27. The van der Waals surface area contributed by atoms with Gasteiger partial charge in [0.15, 0.2) is 0 Å². The Bertz CT molecular complexity index is 221. The number of nitrogens with zero attached hydrogens (tertiary/aromatic N) is 2. The number of ether oxygens (including phenoxy) is 1. The van der Waals surface area contributed by atoms with Crippen LogP contribution in [0, 0.1) is 0 Å². The molecule has 94 valence electrons. The first-order valence-electron chi connectivity index (χ1n) is 6.27. The number of likely N-dealkylation sites (tertiary alicyclic amines) is 1. The molecule has 1 saturated heterocycles. The van der Waals surface area contributed by atoms with E-state index in [0.29, 0.717) is 0 Å². The van der Waals surface area contributed by atoms with Crippen LogP contribution in [0.4, 0.5) is 0 Å². The molecule has 1 atom stereocenters. The summed E-state index contributed by atoms with van der Waals surface area (Å²) in [6.45, 7) is 9.68. The Morgan fingerprint density at radius 2 is 2.19 bits per heavy atom. The summed E-state index contributed by atoms with van der Waals surface area (Å²) < 4.78 is 4.77. The van der Waals surface area contributed by atoms with Gasteiger partial charge in [-0.3, -0.25) is 9.69 Å². The molecule has 0 amide bonds. The SMILES string of the molecule is CCCN(CC)CCN1CCC1C(=O)OC. The molecular formula is C12H24N2O2. The molecule has 1 rings (SSSR count). The zero-order chi connectivity index (χ0) is 12.0. The lowest BCUT2D eigenvalue weighted by Crippen LogP contribution is -2.54. The molecule has 0 aliphatic carbocycles. The summed E-state index contributed by atoms with van der Waals surface area (Å²) in [7, 11) is 1.47. The molecule has 0 aromatic carbocycles. The van der Waals surface area contributed by atoms with Gasteiger partial charge in [-0.25, -0.2) is 0 Å². The molecule has 1 heterocycles. The Morgan fingerprint density at radius 3 is 2.62 bits per heavy atom. The molecule has 0 aromatic heterocycles. The van der Waals surface area contributed by atoms with Gasteiger partial charge < -0.3 is 9.64 Å². The number of esters is 1. The van der Waals surface area contributed by atoms with Crippen molar-refractivity contribution in [3.05, 3.63) is 0 Å². The van der Waals surface area contributed by atoms with E-state index in [1.54, 1.807) is 0 Å². The highest BCUT2D eigenvalue weighted by Crippen LogP contribution is 2.17. The topological polar surface area (TPSA) is 32.8 Å². The zero-order valence-corrected chi connectivity index (χ0v) is 10.7. The molecule has 4 heteroatoms. The van der Waals surface area contributed by atoms with E-state index in [0.717, 1.165) is 39.1 Å². The normalized spacial score (nSPS) is 20.9. The maximum absolute atomic E-state index is 11.4. The van der Waals surface area contributed by atoms with Crippen molar-refractivity contribution in [1.82, 2.24) is 9.80 Å². The Hall–Kier alpha value is -0.610. The summed E-state index contributed by atoms with van der Waals surface area (Å²) in [6, 6.07) is 0.0188. The molecule has 0 bridgehead atoms. The fourth-order valence-corrected chi connectivity index (χ4v) is 2.13. The highest BCUT2D eigenvalue weighted by atomic mass is 16.5. The standard InChI is InChI=1S/C12H24N2O2/c1-4-7-13(5-2)9-10-14-8-6-11(14)12(15)16-3/h11H,4-10H2,1-3H3. The third kappa shape index (κ3) is 3.46. The van der Waals surface area contributed by atoms with Crippen LogP contribution >= 0.6 is 0 Å². The van der Waals surface area contributed by atoms with Crippen LogP contribution in [0.3, 0.4) is 0 Å². The fraction of sp³-hybridized carbons (Fsp3) is 0.917. The summed E-state index contributed by atoms with van der Waals surface area (Å²) in [6.07, 6.45) is 2.14. The van der Waals surface area contributed by atoms with Gasteiger partial charge in [0.2, 0.25) is 0 Å². The second kappa shape index (κ2) is 6.86. The Labute approximate surface area is 98.5 Å². The third-order valence-electron chi connectivity index (χ3n) is 3.29. The van der Waals surface area contributed by atoms with E-state index in [1.807, 2.05) is 0 Å². The molecular weight excluding hydrogens is 204 g/mol. The van der Waals surface area contributed by atoms with E-state index >= 15 is 0 Å². The first kappa shape index (κ1) is 13.5. The predicted molar refractivity (Wildman–Crippen MR) is 64.4 cm³/mol. The largest absolute Gasteiger partial charge is 0.468 e. The minimum atomic E-state index is -0.0789. The van der Waals surface area contributed by atoms with Crippen LogP contribution in [-0.2, 0) is 9.53 Å². The number of hydrogen-bond acceptors (Lipinski definition) is 4. The summed E-state index contributed by atoms with van der Waals surface area (Å²) in [4.78, 5) is 16.0. The maximum atomic E-state index is 11.4. The van der Waals surface area contributed by atoms with E-state index in [2.05, 4.69) is 23.6 Å². The van der Waals surface area contributed by atoms with Gasteiger partial charge in [-0.1, -0.05) is 13.8 Å². The molecule has 1 aliphatic heterocycles. The minimum absolute atomic E-state index is 0.0188. The molecule has 16 heavy (non-hydrogen) atoms. The highest BCUT2D eigenvalue weighted by molar-refractivity contribution is 5.76. The number of likely N-dealkylation sites (N-methyl/N-ethyl adjacent to an activating group) is 1. The van der Waals surface area contributed by atoms with Gasteiger partial charge in [0, 0.05) is 19.6 Å². The van der Waals surface area contributed by atoms with Gasteiger partial charge >= 0.3 is 5.97 Å². The first-order chi connectivity index (χ1) is 7.72. The molecule has 0 saturated carbocycles. The predicted octanol–water partition coefficient (Wildman–Crippen LogP) is 0.966. The van der Waals surface area contributed by atoms with Gasteiger partial charge in [0.1, 0.15) is 6.04 Å². The average Bonchev–Trinajstić information content (AvgIpc) is 2.26. The Kier molecular flexibility index (Phi) is 5.77. The minimum Gasteiger partial charge on any atom is -0.468 e. The number of carbonyl (C=O) groups is 1. The number of rotatable bonds is 7. The number of methoxy groups -OCH3 is 1. The molecule has 1 fully saturated rings. The van der Waals surface area contributed by atoms with Crippen LogP contribution in [0.5, 0.6) is 0 Å². The van der Waals surface area contributed by atoms with Crippen molar-refractivity contribution in [2.45, 2.75) is 32.7 Å². The quantitative estimate of drug-likeness (QED) is 0.608. The fourth-order valence-electron chi connectivity index (χ4n) is 2.13. The molecule has 0 radical (unpaired) electrons. The summed E-state index contributed by atoms with van der Waals surface area (Å²) in [5.41, 5.74) is 0. The van der Waals surface area contributed by atoms with Crippen LogP contribution in [0.25, 0.3) is 0 Å². The van der Waals surface area contributed by atoms with Crippen molar-refractivity contribution in [2.24, 2.45) is 0 Å². The van der Waals surface area contributed by atoms with Crippen LogP contribution in [0.15, 0.2) is 0 Å². The van der Waals surface area contributed by atoms with Crippen LogP contribution < -0.4 is 0 Å². The van der Waals surface area contributed by atoms with Crippen molar-refractivity contribution < 1.29 is 9.53 Å². The van der Waals surface area contributed by atoms with Gasteiger partial charge in [-0.2, -0.15) is 0 Å². The van der Waals surface area contributed by atoms with Crippen LogP contribution in [-0.4, -0.2) is 61.6 Å². The van der Waals surface area contributed by atoms with Gasteiger partial charge in [-0.05, 0) is 25.9 Å². The van der Waals surface area contributed by atoms with E-state index < -0.39 is 0 Å². The molecule has 0 N–H and O–H groups in total. The zero-order valence-electron chi connectivity index (χ0n) is 10.7. The highest BCUT2D eigenvalue weighted by Gasteiger charge is 2.34. The van der Waals surface area contributed by atoms with E-state index in [9.17, 15) is 4.79 Å². The third-order valence-corrected chi connectivity index (χ3v) is 3.29. The molecule has 1 unspecified atom stereocenters. The van der Waals surface area contributed by atoms with Crippen LogP contribution in [0.2, 0.25) is 0 Å². The summed E-state index contributed by atoms with van der Waals surface area (Å²) in [5, 5.41) is 0. The lowest BCUT2D eigenvalue weighted by Gasteiger charge is -2.39. The number of carbonyl (C=O) groups excluding carboxylic acids is 1. The lowest BCUT2D eigenvalue weighted by atomic mass is 10.0. The summed E-state index contributed by atoms with van der Waals surface area (Å²) >= 11 is 0. The van der Waals surface area contributed by atoms with Crippen molar-refractivity contribution in [3.8, 4) is 0 Å². The van der Waals surface area contributed by atoms with Crippen molar-refractivity contribution in [2.75, 3.05) is 39.8 Å². The van der Waals surface area contributed by atoms with Gasteiger partial charge in [0.05, 0.1) is 7.11 Å². The van der Waals surface area contributed by atoms with E-state index in [-0.39, 0.29) is 12.0 Å². The maximum Gasteiger partial charge on any atom is 0.323 e. The second-order valence-corrected chi connectivity index (χ2v) is 4.30. The molecule has 4 nitrogen and oxygen atoms in total. The monoisotopic (exact) mass is 228 g/mol. The van der Waals surface area contributed by atoms with E-state index in [4.69, 9.17) is 4.74 Å². The lowest BCUT2D eigenvalue weighted by molar-refractivity contribution is -0.152. The Balaban J connectivity index is 2.24. The van der Waals surface area contributed by atoms with Crippen molar-refractivity contribution in [1.29, 1.82) is 0 Å². The Morgan fingerprint density at radius 1 is 1.44 bits per heavy atom. The van der Waals surface area contributed by atoms with Gasteiger partial charge in [0.25, 0.3) is 0 Å². The summed E-state index contributed by atoms with van der Waals surface area (Å²) in [5.74, 6) is -0.0789. The smallest absolute Gasteiger partial charge is 0.323 e.